The summed E-state index contributed by atoms with van der Waals surface area (Å²) in [6.07, 6.45) is 1.64. The number of ketones is 1. The van der Waals surface area contributed by atoms with Gasteiger partial charge in [0.05, 0.1) is 0 Å². The highest BCUT2D eigenvalue weighted by Crippen LogP contribution is 2.18. The lowest BCUT2D eigenvalue weighted by Gasteiger charge is -2.00. The summed E-state index contributed by atoms with van der Waals surface area (Å²) in [5.41, 5.74) is 2.07. The van der Waals surface area contributed by atoms with Gasteiger partial charge in [-0.1, -0.05) is 28.1 Å². The van der Waals surface area contributed by atoms with Crippen molar-refractivity contribution in [2.75, 3.05) is 0 Å². The van der Waals surface area contributed by atoms with Gasteiger partial charge in [-0.2, -0.15) is 0 Å². The Morgan fingerprint density at radius 2 is 2.08 bits per heavy atom. The molecule has 0 fully saturated rings. The fourth-order valence-corrected chi connectivity index (χ4v) is 1.52. The van der Waals surface area contributed by atoms with E-state index in [9.17, 15) is 4.79 Å². The summed E-state index contributed by atoms with van der Waals surface area (Å²) >= 11 is 3.38. The molecule has 0 amide bonds. The summed E-state index contributed by atoms with van der Waals surface area (Å²) in [4.78, 5) is 10.8. The highest BCUT2D eigenvalue weighted by molar-refractivity contribution is 9.10. The number of hydrogen-bond donors (Lipinski definition) is 0. The van der Waals surface area contributed by atoms with Crippen molar-refractivity contribution < 1.29 is 4.79 Å². The van der Waals surface area contributed by atoms with E-state index in [-0.39, 0.29) is 5.78 Å². The first-order chi connectivity index (χ1) is 6.09. The first kappa shape index (κ1) is 10.2. The Bertz CT molecular complexity index is 353. The van der Waals surface area contributed by atoms with Crippen molar-refractivity contribution in [3.63, 3.8) is 0 Å². The summed E-state index contributed by atoms with van der Waals surface area (Å²) in [5.74, 6) is 0.0810. The molecule has 0 heterocycles. The van der Waals surface area contributed by atoms with Crippen LogP contribution in [0.15, 0.2) is 34.8 Å². The molecule has 0 atom stereocenters. The second-order valence-corrected chi connectivity index (χ2v) is 3.86. The van der Waals surface area contributed by atoms with Crippen molar-refractivity contribution >= 4 is 27.3 Å². The van der Waals surface area contributed by atoms with E-state index in [1.807, 2.05) is 31.2 Å². The third-order valence-electron chi connectivity index (χ3n) is 1.70. The average Bonchev–Trinajstić information content (AvgIpc) is 2.03. The van der Waals surface area contributed by atoms with Gasteiger partial charge < -0.3 is 0 Å². The molecule has 0 N–H and O–H groups in total. The van der Waals surface area contributed by atoms with Crippen molar-refractivity contribution in [2.45, 2.75) is 13.8 Å². The van der Waals surface area contributed by atoms with Crippen LogP contribution in [-0.2, 0) is 4.79 Å². The van der Waals surface area contributed by atoms with E-state index in [1.54, 1.807) is 13.0 Å². The minimum atomic E-state index is 0.0810. The Morgan fingerprint density at radius 3 is 2.62 bits per heavy atom. The molecule has 1 rings (SSSR count). The number of carbonyl (C=O) groups is 1. The molecule has 13 heavy (non-hydrogen) atoms. The molecular weight excluding hydrogens is 228 g/mol. The molecule has 0 saturated carbocycles. The van der Waals surface area contributed by atoms with E-state index in [0.29, 0.717) is 0 Å². The molecule has 2 heteroatoms. The van der Waals surface area contributed by atoms with Crippen LogP contribution in [0, 0.1) is 0 Å². The Labute approximate surface area is 86.6 Å². The van der Waals surface area contributed by atoms with Gasteiger partial charge in [-0.05, 0) is 43.2 Å². The van der Waals surface area contributed by atoms with E-state index in [2.05, 4.69) is 15.9 Å². The topological polar surface area (TPSA) is 17.1 Å². The standard InChI is InChI=1S/C11H11BrO/c1-8(6-9(2)13)10-4-3-5-11(12)7-10/h3-7H,1-2H3/b8-6-. The molecule has 0 aliphatic rings. The van der Waals surface area contributed by atoms with Crippen molar-refractivity contribution in [3.05, 3.63) is 40.4 Å². The van der Waals surface area contributed by atoms with Crippen LogP contribution in [0.5, 0.6) is 0 Å². The average molecular weight is 239 g/mol. The predicted octanol–water partition coefficient (Wildman–Crippen LogP) is 3.44. The van der Waals surface area contributed by atoms with Gasteiger partial charge in [-0.15, -0.1) is 0 Å². The normalized spacial score (nSPS) is 11.5. The van der Waals surface area contributed by atoms with Crippen molar-refractivity contribution in [2.24, 2.45) is 0 Å². The fraction of sp³-hybridized carbons (Fsp3) is 0.182. The molecule has 0 unspecified atom stereocenters. The summed E-state index contributed by atoms with van der Waals surface area (Å²) in [6.45, 7) is 3.49. The lowest BCUT2D eigenvalue weighted by Crippen LogP contribution is -1.85. The number of rotatable bonds is 2. The smallest absolute Gasteiger partial charge is 0.152 e. The molecule has 1 nitrogen and oxygen atoms in total. The van der Waals surface area contributed by atoms with Gasteiger partial charge in [0.2, 0.25) is 0 Å². The van der Waals surface area contributed by atoms with Crippen LogP contribution in [0.4, 0.5) is 0 Å². The second kappa shape index (κ2) is 4.38. The quantitative estimate of drug-likeness (QED) is 0.722. The zero-order valence-corrected chi connectivity index (χ0v) is 9.26. The van der Waals surface area contributed by atoms with Gasteiger partial charge in [0.1, 0.15) is 0 Å². The van der Waals surface area contributed by atoms with Crippen LogP contribution in [0.2, 0.25) is 0 Å². The van der Waals surface area contributed by atoms with E-state index < -0.39 is 0 Å². The monoisotopic (exact) mass is 238 g/mol. The second-order valence-electron chi connectivity index (χ2n) is 2.95. The number of benzene rings is 1. The molecule has 1 aromatic rings. The van der Waals surface area contributed by atoms with Gasteiger partial charge in [-0.25, -0.2) is 0 Å². The number of carbonyl (C=O) groups excluding carboxylic acids is 1. The van der Waals surface area contributed by atoms with Crippen LogP contribution >= 0.6 is 15.9 Å². The van der Waals surface area contributed by atoms with E-state index in [1.165, 1.54) is 0 Å². The lowest BCUT2D eigenvalue weighted by molar-refractivity contribution is -0.112. The van der Waals surface area contributed by atoms with Crippen LogP contribution in [0.1, 0.15) is 19.4 Å². The minimum Gasteiger partial charge on any atom is -0.295 e. The van der Waals surface area contributed by atoms with Crippen molar-refractivity contribution in [1.82, 2.24) is 0 Å². The number of halogens is 1. The van der Waals surface area contributed by atoms with Gasteiger partial charge in [0.15, 0.2) is 5.78 Å². The van der Waals surface area contributed by atoms with Gasteiger partial charge in [0, 0.05) is 4.47 Å². The van der Waals surface area contributed by atoms with Gasteiger partial charge >= 0.3 is 0 Å². The minimum absolute atomic E-state index is 0.0810. The summed E-state index contributed by atoms with van der Waals surface area (Å²) < 4.78 is 1.03. The summed E-state index contributed by atoms with van der Waals surface area (Å²) in [5, 5.41) is 0. The first-order valence-electron chi connectivity index (χ1n) is 4.04. The summed E-state index contributed by atoms with van der Waals surface area (Å²) in [6, 6.07) is 7.90. The van der Waals surface area contributed by atoms with Crippen molar-refractivity contribution in [1.29, 1.82) is 0 Å². The molecule has 0 bridgehead atoms. The van der Waals surface area contributed by atoms with E-state index in [4.69, 9.17) is 0 Å². The first-order valence-corrected chi connectivity index (χ1v) is 4.83. The largest absolute Gasteiger partial charge is 0.295 e. The van der Waals surface area contributed by atoms with Crippen LogP contribution in [-0.4, -0.2) is 5.78 Å². The van der Waals surface area contributed by atoms with Gasteiger partial charge in [0.25, 0.3) is 0 Å². The lowest BCUT2D eigenvalue weighted by atomic mass is 10.1. The molecule has 0 spiro atoms. The Morgan fingerprint density at radius 1 is 1.38 bits per heavy atom. The highest BCUT2D eigenvalue weighted by atomic mass is 79.9. The molecule has 0 aromatic heterocycles. The highest BCUT2D eigenvalue weighted by Gasteiger charge is 1.97. The Hall–Kier alpha value is -0.890. The Kier molecular flexibility index (Phi) is 3.43. The van der Waals surface area contributed by atoms with Crippen LogP contribution < -0.4 is 0 Å². The fourth-order valence-electron chi connectivity index (χ4n) is 1.12. The maximum Gasteiger partial charge on any atom is 0.152 e. The molecular formula is C11H11BrO. The molecule has 0 aliphatic carbocycles. The van der Waals surface area contributed by atoms with Gasteiger partial charge in [-0.3, -0.25) is 4.79 Å². The SMILES string of the molecule is CC(=O)/C=C(/C)c1cccc(Br)c1. The van der Waals surface area contributed by atoms with Crippen molar-refractivity contribution in [3.8, 4) is 0 Å². The maximum atomic E-state index is 10.8. The number of allylic oxidation sites excluding steroid dienone is 2. The van der Waals surface area contributed by atoms with E-state index >= 15 is 0 Å². The van der Waals surface area contributed by atoms with E-state index in [0.717, 1.165) is 15.6 Å². The van der Waals surface area contributed by atoms with Crippen LogP contribution in [0.3, 0.4) is 0 Å². The molecule has 1 aromatic carbocycles. The molecule has 0 radical (unpaired) electrons. The predicted molar refractivity (Wildman–Crippen MR) is 58.5 cm³/mol. The third kappa shape index (κ3) is 3.15. The number of hydrogen-bond acceptors (Lipinski definition) is 1. The summed E-state index contributed by atoms with van der Waals surface area (Å²) in [7, 11) is 0. The third-order valence-corrected chi connectivity index (χ3v) is 2.19. The Balaban J connectivity index is 3.02. The maximum absolute atomic E-state index is 10.8. The molecule has 68 valence electrons. The molecule has 0 saturated heterocycles. The zero-order valence-electron chi connectivity index (χ0n) is 7.67. The van der Waals surface area contributed by atoms with Crippen LogP contribution in [0.25, 0.3) is 5.57 Å². The molecule has 0 aliphatic heterocycles. The zero-order chi connectivity index (χ0) is 9.84.